The molecule has 0 unspecified atom stereocenters. The van der Waals surface area contributed by atoms with Crippen LogP contribution >= 0.6 is 0 Å². The minimum Gasteiger partial charge on any atom is -0.493 e. The predicted octanol–water partition coefficient (Wildman–Crippen LogP) is 11.4. The number of anilines is 3. The average molecular weight is 590 g/mol. The summed E-state index contributed by atoms with van der Waals surface area (Å²) in [4.78, 5) is 2.41. The van der Waals surface area contributed by atoms with E-state index in [1.807, 2.05) is 0 Å². The third-order valence-corrected chi connectivity index (χ3v) is 8.21. The first-order valence-electron chi connectivity index (χ1n) is 16.0. The van der Waals surface area contributed by atoms with E-state index in [0.717, 1.165) is 22.8 Å². The number of benzene rings is 3. The molecule has 44 heavy (non-hydrogen) atoms. The summed E-state index contributed by atoms with van der Waals surface area (Å²) in [5, 5.41) is 0. The summed E-state index contributed by atoms with van der Waals surface area (Å²) >= 11 is 0. The number of terminal acetylenes is 2. The monoisotopic (exact) mass is 589 g/mol. The summed E-state index contributed by atoms with van der Waals surface area (Å²) in [7, 11) is 0. The highest BCUT2D eigenvalue weighted by Gasteiger charge is 2.26. The molecule has 0 N–H and O–H groups in total. The van der Waals surface area contributed by atoms with E-state index >= 15 is 0 Å². The van der Waals surface area contributed by atoms with E-state index in [1.165, 1.54) is 22.3 Å². The van der Waals surface area contributed by atoms with Crippen LogP contribution in [0.25, 0.3) is 0 Å². The van der Waals surface area contributed by atoms with E-state index in [9.17, 15) is 0 Å². The Hall–Kier alpha value is -3.62. The van der Waals surface area contributed by atoms with Gasteiger partial charge in [-0.1, -0.05) is 95.2 Å². The van der Waals surface area contributed by atoms with Crippen molar-refractivity contribution in [1.29, 1.82) is 0 Å². The summed E-state index contributed by atoms with van der Waals surface area (Å²) in [6.07, 6.45) is 12.3. The lowest BCUT2D eigenvalue weighted by Gasteiger charge is -2.33. The Morgan fingerprint density at radius 3 is 1.18 bits per heavy atom. The molecule has 0 aromatic heterocycles. The van der Waals surface area contributed by atoms with E-state index in [1.54, 1.807) is 0 Å². The molecule has 3 aromatic rings. The van der Waals surface area contributed by atoms with Gasteiger partial charge in [-0.25, -0.2) is 0 Å². The molecule has 3 rings (SSSR count). The second-order valence-corrected chi connectivity index (χ2v) is 16.4. The lowest BCUT2D eigenvalue weighted by atomic mass is 9.79. The van der Waals surface area contributed by atoms with Gasteiger partial charge in [0.2, 0.25) is 0 Å². The molecule has 2 heteroatoms. The highest BCUT2D eigenvalue weighted by atomic mass is 16.5. The van der Waals surface area contributed by atoms with Gasteiger partial charge in [0.25, 0.3) is 0 Å². The van der Waals surface area contributed by atoms with Crippen molar-refractivity contribution in [2.45, 2.75) is 118 Å². The molecule has 0 heterocycles. The molecule has 2 nitrogen and oxygen atoms in total. The Balaban J connectivity index is 2.27. The number of nitrogens with zero attached hydrogens (tertiary/aromatic N) is 1. The number of hydrogen-bond acceptors (Lipinski definition) is 2. The van der Waals surface area contributed by atoms with Gasteiger partial charge in [-0.3, -0.25) is 0 Å². The van der Waals surface area contributed by atoms with Gasteiger partial charge in [0.15, 0.2) is 0 Å². The average Bonchev–Trinajstić information content (AvgIpc) is 2.90. The molecular formula is C42H55NO. The zero-order valence-electron chi connectivity index (χ0n) is 29.5. The number of ether oxygens (including phenoxy) is 1. The maximum atomic E-state index is 6.17. The minimum absolute atomic E-state index is 0.00345. The Labute approximate surface area is 269 Å². The zero-order chi connectivity index (χ0) is 33.1. The van der Waals surface area contributed by atoms with Crippen LogP contribution in [0.2, 0.25) is 0 Å². The van der Waals surface area contributed by atoms with Crippen molar-refractivity contribution in [2.75, 3.05) is 11.5 Å². The summed E-state index contributed by atoms with van der Waals surface area (Å²) < 4.78 is 6.17. The fourth-order valence-corrected chi connectivity index (χ4v) is 5.09. The summed E-state index contributed by atoms with van der Waals surface area (Å²) in [5.74, 6) is 6.41. The molecule has 0 radical (unpaired) electrons. The van der Waals surface area contributed by atoms with Crippen molar-refractivity contribution in [3.8, 4) is 30.4 Å². The first-order chi connectivity index (χ1) is 20.2. The molecule has 0 fully saturated rings. The van der Waals surface area contributed by atoms with Gasteiger partial charge in [-0.15, -0.1) is 24.7 Å². The normalized spacial score (nSPS) is 12.5. The van der Waals surface area contributed by atoms with Gasteiger partial charge >= 0.3 is 0 Å². The van der Waals surface area contributed by atoms with Gasteiger partial charge in [0.1, 0.15) is 5.75 Å². The van der Waals surface area contributed by atoms with E-state index in [0.29, 0.717) is 19.4 Å². The van der Waals surface area contributed by atoms with Crippen LogP contribution in [-0.2, 0) is 21.7 Å². The van der Waals surface area contributed by atoms with Gasteiger partial charge < -0.3 is 9.64 Å². The SMILES string of the molecule is C#CCC(CC#C)COc1ccc(N(c2cc(C(C)(C)C)cc(C(C)(C)C)c2)c2cc(C(C)(C)C)cc(C(C)(C)C)c2)cc1. The zero-order valence-corrected chi connectivity index (χ0v) is 29.5. The Morgan fingerprint density at radius 1 is 0.545 bits per heavy atom. The first-order valence-corrected chi connectivity index (χ1v) is 16.0. The first kappa shape index (κ1) is 34.9. The van der Waals surface area contributed by atoms with E-state index in [4.69, 9.17) is 17.6 Å². The smallest absolute Gasteiger partial charge is 0.119 e. The molecule has 0 aliphatic carbocycles. The molecule has 0 bridgehead atoms. The maximum Gasteiger partial charge on any atom is 0.119 e. The van der Waals surface area contributed by atoms with Crippen LogP contribution in [0.3, 0.4) is 0 Å². The molecule has 234 valence electrons. The van der Waals surface area contributed by atoms with Crippen molar-refractivity contribution in [2.24, 2.45) is 5.92 Å². The van der Waals surface area contributed by atoms with Crippen molar-refractivity contribution in [1.82, 2.24) is 0 Å². The predicted molar refractivity (Wildman–Crippen MR) is 192 cm³/mol. The third kappa shape index (κ3) is 8.96. The van der Waals surface area contributed by atoms with Gasteiger partial charge in [0, 0.05) is 35.8 Å². The Morgan fingerprint density at radius 2 is 0.886 bits per heavy atom. The van der Waals surface area contributed by atoms with Crippen LogP contribution in [-0.4, -0.2) is 6.61 Å². The molecule has 3 aromatic carbocycles. The largest absolute Gasteiger partial charge is 0.493 e. The molecular weight excluding hydrogens is 534 g/mol. The molecule has 0 aliphatic rings. The fraction of sp³-hybridized carbons (Fsp3) is 0.476. The molecule has 0 amide bonds. The number of hydrogen-bond donors (Lipinski definition) is 0. The molecule has 0 atom stereocenters. The highest BCUT2D eigenvalue weighted by Crippen LogP contribution is 2.43. The molecule has 0 spiro atoms. The minimum atomic E-state index is -0.00345. The van der Waals surface area contributed by atoms with Crippen LogP contribution in [0.15, 0.2) is 60.7 Å². The Kier molecular flexibility index (Phi) is 10.4. The summed E-state index contributed by atoms with van der Waals surface area (Å²) in [5.41, 5.74) is 8.66. The molecule has 0 saturated heterocycles. The van der Waals surface area contributed by atoms with Crippen LogP contribution in [0.5, 0.6) is 5.75 Å². The van der Waals surface area contributed by atoms with Crippen LogP contribution < -0.4 is 9.64 Å². The van der Waals surface area contributed by atoms with Gasteiger partial charge in [-0.05, 0) is 92.4 Å². The van der Waals surface area contributed by atoms with E-state index < -0.39 is 0 Å². The summed E-state index contributed by atoms with van der Waals surface area (Å²) in [6, 6.07) is 22.7. The van der Waals surface area contributed by atoms with Crippen molar-refractivity contribution in [3.05, 3.63) is 82.9 Å². The summed E-state index contributed by atoms with van der Waals surface area (Å²) in [6.45, 7) is 28.0. The highest BCUT2D eigenvalue weighted by molar-refractivity contribution is 5.79. The van der Waals surface area contributed by atoms with Crippen molar-refractivity contribution < 1.29 is 4.74 Å². The second kappa shape index (κ2) is 13.2. The third-order valence-electron chi connectivity index (χ3n) is 8.21. The standard InChI is InChI=1S/C42H55NO/c1-15-17-30(18-16-2)29-44-38-21-19-35(20-22-38)43(36-25-31(39(3,4)5)23-32(26-36)40(6,7)8)37-27-33(41(9,10)11)24-34(28-37)42(12,13)14/h1-2,19-28,30H,17-18,29H2,3-14H3. The van der Waals surface area contributed by atoms with Crippen LogP contribution in [0.1, 0.15) is 118 Å². The topological polar surface area (TPSA) is 12.5 Å². The van der Waals surface area contributed by atoms with Crippen molar-refractivity contribution in [3.63, 3.8) is 0 Å². The Bertz CT molecular complexity index is 1340. The van der Waals surface area contributed by atoms with E-state index in [2.05, 4.69) is 160 Å². The van der Waals surface area contributed by atoms with E-state index in [-0.39, 0.29) is 27.6 Å². The number of rotatable bonds is 8. The van der Waals surface area contributed by atoms with Crippen LogP contribution in [0, 0.1) is 30.6 Å². The van der Waals surface area contributed by atoms with Crippen LogP contribution in [0.4, 0.5) is 17.1 Å². The quantitative estimate of drug-likeness (QED) is 0.242. The van der Waals surface area contributed by atoms with Gasteiger partial charge in [0.05, 0.1) is 6.61 Å². The lowest BCUT2D eigenvalue weighted by Crippen LogP contribution is -2.21. The fourth-order valence-electron chi connectivity index (χ4n) is 5.09. The molecule has 0 aliphatic heterocycles. The maximum absolute atomic E-state index is 6.17. The second-order valence-electron chi connectivity index (χ2n) is 16.4. The van der Waals surface area contributed by atoms with Crippen molar-refractivity contribution >= 4 is 17.1 Å². The van der Waals surface area contributed by atoms with Gasteiger partial charge in [-0.2, -0.15) is 0 Å². The lowest BCUT2D eigenvalue weighted by molar-refractivity contribution is 0.254. The molecule has 0 saturated carbocycles.